The van der Waals surface area contributed by atoms with Gasteiger partial charge in [-0.05, 0) is 199 Å². The zero-order valence-corrected chi connectivity index (χ0v) is 73.1. The second kappa shape index (κ2) is 36.0. The van der Waals surface area contributed by atoms with E-state index in [-0.39, 0.29) is 5.41 Å². The molecule has 9 nitrogen and oxygen atoms in total. The molecule has 0 fully saturated rings. The minimum atomic E-state index is -0.131. The molecule has 3 aromatic heterocycles. The second-order valence-corrected chi connectivity index (χ2v) is 33.9. The summed E-state index contributed by atoms with van der Waals surface area (Å²) in [6.07, 6.45) is 0. The fourth-order valence-electron chi connectivity index (χ4n) is 18.5. The largest absolute Gasteiger partial charge is 0.208 e. The smallest absolute Gasteiger partial charge is 0.164 e. The third-order valence-electron chi connectivity index (χ3n) is 25.1. The van der Waals surface area contributed by atoms with Gasteiger partial charge in [-0.1, -0.05) is 426 Å². The molecule has 0 unspecified atom stereocenters. The maximum absolute atomic E-state index is 5.12. The molecule has 0 atom stereocenters. The minimum absolute atomic E-state index is 0.131. The van der Waals surface area contributed by atoms with Crippen LogP contribution < -0.4 is 0 Å². The van der Waals surface area contributed by atoms with Crippen LogP contribution in [0, 0.1) is 0 Å². The SMILES string of the molecule is CC1(C)c2ccccc2-c2c1cc(-c1cc(-c3ccccc3)cc(-c3nc(-c4ccccc4)nc(-c4ccccc4)n3)c1)c1ccccc21.c1ccc(-c2cc(-c3nc(-c4ccccc4)nc(-c4ccccc4)n3)cc(-c3c4ccccc4cc4ccccc34)c2)cc1.c1ccc(-c2cc(-c3nc(-c4ccccc4)nc(-c4ccccc4)n3)cc(-c3cccc4ccccc34)c2)cc1. The van der Waals surface area contributed by atoms with E-state index in [1.165, 1.54) is 82.0 Å². The van der Waals surface area contributed by atoms with Gasteiger partial charge in [0, 0.05) is 55.5 Å². The van der Waals surface area contributed by atoms with Gasteiger partial charge >= 0.3 is 0 Å². The van der Waals surface area contributed by atoms with Gasteiger partial charge in [0.1, 0.15) is 0 Å². The molecule has 0 N–H and O–H groups in total. The molecule has 23 aromatic rings. The fourth-order valence-corrected chi connectivity index (χ4v) is 18.5. The highest BCUT2D eigenvalue weighted by molar-refractivity contribution is 6.14. The Balaban J connectivity index is 0.000000117. The average Bonchev–Trinajstić information content (AvgIpc) is 1.56. The first-order valence-electron chi connectivity index (χ1n) is 45.0. The van der Waals surface area contributed by atoms with Gasteiger partial charge in [-0.25, -0.2) is 44.9 Å². The van der Waals surface area contributed by atoms with Crippen molar-refractivity contribution in [2.24, 2.45) is 0 Å². The fraction of sp³-hybridized carbons (Fsp3) is 0.0242. The lowest BCUT2D eigenvalue weighted by molar-refractivity contribution is 0.661. The van der Waals surface area contributed by atoms with E-state index in [9.17, 15) is 0 Å². The first kappa shape index (κ1) is 81.2. The molecular formula is C124H85N9. The van der Waals surface area contributed by atoms with Gasteiger partial charge in [0.05, 0.1) is 0 Å². The highest BCUT2D eigenvalue weighted by atomic mass is 15.1. The Morgan fingerprint density at radius 2 is 0.383 bits per heavy atom. The summed E-state index contributed by atoms with van der Waals surface area (Å²) >= 11 is 0. The molecule has 0 bridgehead atoms. The number of benzene rings is 20. The molecule has 133 heavy (non-hydrogen) atoms. The summed E-state index contributed by atoms with van der Waals surface area (Å²) in [5.41, 5.74) is 27.5. The first-order chi connectivity index (χ1) is 65.7. The van der Waals surface area contributed by atoms with E-state index in [0.29, 0.717) is 52.4 Å². The Labute approximate surface area is 772 Å². The van der Waals surface area contributed by atoms with Crippen molar-refractivity contribution >= 4 is 43.1 Å². The van der Waals surface area contributed by atoms with Crippen molar-refractivity contribution in [1.82, 2.24) is 44.9 Å². The van der Waals surface area contributed by atoms with Gasteiger partial charge in [-0.2, -0.15) is 0 Å². The summed E-state index contributed by atoms with van der Waals surface area (Å²) in [5.74, 6) is 5.84. The summed E-state index contributed by atoms with van der Waals surface area (Å²) in [6.45, 7) is 4.70. The molecule has 0 saturated carbocycles. The van der Waals surface area contributed by atoms with Crippen molar-refractivity contribution in [3.05, 3.63) is 490 Å². The van der Waals surface area contributed by atoms with Gasteiger partial charge in [-0.15, -0.1) is 0 Å². The van der Waals surface area contributed by atoms with Crippen molar-refractivity contribution in [3.63, 3.8) is 0 Å². The summed E-state index contributed by atoms with van der Waals surface area (Å²) in [5, 5.41) is 9.79. The molecular weight excluding hydrogens is 1620 g/mol. The third kappa shape index (κ3) is 16.6. The van der Waals surface area contributed by atoms with E-state index in [1.807, 2.05) is 164 Å². The molecule has 20 aromatic carbocycles. The lowest BCUT2D eigenvalue weighted by Gasteiger charge is -2.23. The maximum Gasteiger partial charge on any atom is 0.164 e. The number of fused-ring (bicyclic) bond motifs is 8. The van der Waals surface area contributed by atoms with Crippen molar-refractivity contribution in [2.45, 2.75) is 19.3 Å². The Morgan fingerprint density at radius 1 is 0.135 bits per heavy atom. The average molecular weight is 1700 g/mol. The molecule has 0 amide bonds. The normalized spacial score (nSPS) is 11.7. The van der Waals surface area contributed by atoms with Crippen LogP contribution in [0.15, 0.2) is 479 Å². The van der Waals surface area contributed by atoms with Crippen molar-refractivity contribution in [2.75, 3.05) is 0 Å². The van der Waals surface area contributed by atoms with Crippen LogP contribution in [0.25, 0.3) is 223 Å². The van der Waals surface area contributed by atoms with Gasteiger partial charge in [0.2, 0.25) is 0 Å². The van der Waals surface area contributed by atoms with Crippen LogP contribution in [0.2, 0.25) is 0 Å². The molecule has 0 saturated heterocycles. The predicted octanol–water partition coefficient (Wildman–Crippen LogP) is 31.5. The van der Waals surface area contributed by atoms with Crippen molar-refractivity contribution in [1.29, 1.82) is 0 Å². The standard InChI is InChI=1S/C46H33N3.C41H27N3.C37H25N3/c1-46(2)40-25-15-14-24-38(40)42-37-23-13-12-22-36(37)39(29-41(42)46)34-26-33(30-16-6-3-7-17-30)27-35(28-34)45-48-43(31-18-8-4-9-19-31)47-44(49-45)32-20-10-5-11-21-32;1-4-14-28(15-5-1)33-25-34(38-36-22-12-10-20-31(36)24-32-21-11-13-23-37(32)38)27-35(26-33)41-43-39(29-16-6-2-7-17-29)42-40(44-41)30-18-8-3-9-19-30;1-4-13-26(14-5-1)30-23-31(34-22-12-20-27-15-10-11-21-33(27)34)25-32(24-30)37-39-35(28-16-6-2-7-17-28)38-36(40-37)29-18-8-3-9-19-29/h3-29H,1-2H3;1-27H;1-25H. The zero-order valence-electron chi connectivity index (χ0n) is 73.1. The van der Waals surface area contributed by atoms with E-state index >= 15 is 0 Å². The lowest BCUT2D eigenvalue weighted by atomic mass is 9.80. The number of nitrogens with zero attached hydrogens (tertiary/aromatic N) is 9. The highest BCUT2D eigenvalue weighted by Gasteiger charge is 2.37. The van der Waals surface area contributed by atoms with Crippen molar-refractivity contribution in [3.8, 4) is 180 Å². The van der Waals surface area contributed by atoms with Gasteiger partial charge in [0.25, 0.3) is 0 Å². The van der Waals surface area contributed by atoms with Crippen LogP contribution in [0.5, 0.6) is 0 Å². The molecule has 0 aliphatic heterocycles. The van der Waals surface area contributed by atoms with Gasteiger partial charge in [-0.3, -0.25) is 0 Å². The van der Waals surface area contributed by atoms with E-state index in [0.717, 1.165) is 100 Å². The maximum atomic E-state index is 5.12. The van der Waals surface area contributed by atoms with Crippen LogP contribution in [-0.2, 0) is 5.41 Å². The van der Waals surface area contributed by atoms with Crippen LogP contribution in [-0.4, -0.2) is 44.9 Å². The summed E-state index contributed by atoms with van der Waals surface area (Å²) in [6, 6.07) is 167. The third-order valence-corrected chi connectivity index (χ3v) is 25.1. The Kier molecular flexibility index (Phi) is 22.0. The molecule has 24 rings (SSSR count). The van der Waals surface area contributed by atoms with E-state index in [4.69, 9.17) is 44.9 Å². The molecule has 9 heteroatoms. The van der Waals surface area contributed by atoms with E-state index < -0.39 is 0 Å². The summed E-state index contributed by atoms with van der Waals surface area (Å²) in [7, 11) is 0. The Morgan fingerprint density at radius 3 is 0.759 bits per heavy atom. The lowest BCUT2D eigenvalue weighted by Crippen LogP contribution is -2.15. The quantitative estimate of drug-likeness (QED) is 0.0925. The van der Waals surface area contributed by atoms with Gasteiger partial charge < -0.3 is 0 Å². The molecule has 0 spiro atoms. The zero-order chi connectivity index (χ0) is 89.0. The van der Waals surface area contributed by atoms with Crippen molar-refractivity contribution < 1.29 is 0 Å². The summed E-state index contributed by atoms with van der Waals surface area (Å²) < 4.78 is 0. The van der Waals surface area contributed by atoms with Crippen LogP contribution >= 0.6 is 0 Å². The summed E-state index contributed by atoms with van der Waals surface area (Å²) in [4.78, 5) is 45.1. The first-order valence-corrected chi connectivity index (χ1v) is 45.0. The van der Waals surface area contributed by atoms with E-state index in [2.05, 4.69) is 329 Å². The second-order valence-electron chi connectivity index (χ2n) is 33.9. The molecule has 0 radical (unpaired) electrons. The monoisotopic (exact) mass is 1700 g/mol. The topological polar surface area (TPSA) is 116 Å². The van der Waals surface area contributed by atoms with Crippen LogP contribution in [0.3, 0.4) is 0 Å². The Bertz CT molecular complexity index is 8000. The predicted molar refractivity (Wildman–Crippen MR) is 549 cm³/mol. The molecule has 3 heterocycles. The number of hydrogen-bond donors (Lipinski definition) is 0. The van der Waals surface area contributed by atoms with Crippen LogP contribution in [0.4, 0.5) is 0 Å². The Hall–Kier alpha value is -17.5. The van der Waals surface area contributed by atoms with E-state index in [1.54, 1.807) is 0 Å². The number of rotatable bonds is 15. The molecule has 1 aliphatic carbocycles. The molecule has 1 aliphatic rings. The number of aromatic nitrogens is 9. The number of hydrogen-bond acceptors (Lipinski definition) is 9. The van der Waals surface area contributed by atoms with Crippen LogP contribution in [0.1, 0.15) is 25.0 Å². The minimum Gasteiger partial charge on any atom is -0.208 e. The molecule has 626 valence electrons. The van der Waals surface area contributed by atoms with Gasteiger partial charge in [0.15, 0.2) is 52.4 Å². The highest BCUT2D eigenvalue weighted by Crippen LogP contribution is 2.54.